The normalized spacial score (nSPS) is 20.0. The zero-order chi connectivity index (χ0) is 19.7. The smallest absolute Gasteiger partial charge is 0.409 e. The van der Waals surface area contributed by atoms with Crippen molar-refractivity contribution in [2.45, 2.75) is 51.5 Å². The quantitative estimate of drug-likeness (QED) is 0.709. The molecule has 28 heavy (non-hydrogen) atoms. The summed E-state index contributed by atoms with van der Waals surface area (Å²) >= 11 is 1.72. The topological polar surface area (TPSA) is 32.8 Å². The number of piperidine rings is 2. The lowest BCUT2D eigenvalue weighted by atomic mass is 9.86. The van der Waals surface area contributed by atoms with E-state index < -0.39 is 0 Å². The summed E-state index contributed by atoms with van der Waals surface area (Å²) in [7, 11) is 0. The summed E-state index contributed by atoms with van der Waals surface area (Å²) in [5.41, 5.74) is 1.44. The molecule has 3 heterocycles. The Morgan fingerprint density at radius 1 is 1.18 bits per heavy atom. The van der Waals surface area contributed by atoms with Crippen LogP contribution in [0.15, 0.2) is 18.2 Å². The molecule has 4 nitrogen and oxygen atoms in total. The van der Waals surface area contributed by atoms with E-state index in [0.717, 1.165) is 56.6 Å². The molecule has 1 aromatic heterocycles. The molecule has 6 heteroatoms. The number of likely N-dealkylation sites (tertiary alicyclic amines) is 2. The Bertz CT molecular complexity index is 836. The minimum Gasteiger partial charge on any atom is -0.450 e. The molecule has 0 unspecified atom stereocenters. The molecular formula is C22H29FN2O2S. The Morgan fingerprint density at radius 2 is 1.89 bits per heavy atom. The zero-order valence-corrected chi connectivity index (χ0v) is 17.6. The van der Waals surface area contributed by atoms with Crippen molar-refractivity contribution in [3.63, 3.8) is 0 Å². The first-order chi connectivity index (χ1) is 13.6. The minimum atomic E-state index is -0.170. The second kappa shape index (κ2) is 8.37. The van der Waals surface area contributed by atoms with Crippen LogP contribution in [0.3, 0.4) is 0 Å². The van der Waals surface area contributed by atoms with Crippen molar-refractivity contribution in [3.05, 3.63) is 34.5 Å². The molecule has 0 bridgehead atoms. The van der Waals surface area contributed by atoms with Gasteiger partial charge in [0.05, 0.1) is 6.61 Å². The molecule has 4 rings (SSSR count). The second-order valence-corrected chi connectivity index (χ2v) is 9.20. The molecule has 0 N–H and O–H groups in total. The summed E-state index contributed by atoms with van der Waals surface area (Å²) in [4.78, 5) is 17.7. The molecule has 2 fully saturated rings. The minimum absolute atomic E-state index is 0.149. The predicted octanol–water partition coefficient (Wildman–Crippen LogP) is 5.15. The third-order valence-electron chi connectivity index (χ3n) is 6.32. The number of hydrogen-bond acceptors (Lipinski definition) is 4. The van der Waals surface area contributed by atoms with Crippen LogP contribution in [0, 0.1) is 12.7 Å². The first-order valence-electron chi connectivity index (χ1n) is 10.4. The molecule has 2 aliphatic heterocycles. The monoisotopic (exact) mass is 404 g/mol. The number of aryl methyl sites for hydroxylation is 1. The molecule has 0 spiro atoms. The van der Waals surface area contributed by atoms with Crippen LogP contribution in [-0.4, -0.2) is 54.7 Å². The molecule has 1 aromatic carbocycles. The number of thiophene rings is 1. The van der Waals surface area contributed by atoms with Crippen LogP contribution in [0.4, 0.5) is 9.18 Å². The van der Waals surface area contributed by atoms with Gasteiger partial charge >= 0.3 is 6.09 Å². The van der Waals surface area contributed by atoms with Crippen molar-refractivity contribution in [2.24, 2.45) is 0 Å². The maximum atomic E-state index is 13.6. The molecule has 0 aliphatic carbocycles. The maximum absolute atomic E-state index is 13.6. The summed E-state index contributed by atoms with van der Waals surface area (Å²) in [6, 6.07) is 5.79. The largest absolute Gasteiger partial charge is 0.450 e. The first-order valence-corrected chi connectivity index (χ1v) is 11.2. The standard InChI is InChI=1S/C22H29FN2O2S/c1-3-27-22(26)25-12-8-18(9-13-25)24-10-6-16(7-11-24)21-15(2)28-20-14-17(23)4-5-19(20)21/h4-5,14,16,18H,3,6-13H2,1-2H3. The Hall–Kier alpha value is -1.66. The van der Waals surface area contributed by atoms with Crippen LogP contribution in [0.2, 0.25) is 0 Å². The third kappa shape index (κ3) is 3.90. The Balaban J connectivity index is 1.36. The van der Waals surface area contributed by atoms with E-state index in [-0.39, 0.29) is 11.9 Å². The fourth-order valence-electron chi connectivity index (χ4n) is 4.90. The molecule has 0 radical (unpaired) electrons. The number of ether oxygens (including phenoxy) is 1. The van der Waals surface area contributed by atoms with Crippen molar-refractivity contribution in [1.29, 1.82) is 0 Å². The van der Waals surface area contributed by atoms with E-state index in [4.69, 9.17) is 4.74 Å². The van der Waals surface area contributed by atoms with E-state index >= 15 is 0 Å². The van der Waals surface area contributed by atoms with Crippen LogP contribution >= 0.6 is 11.3 Å². The zero-order valence-electron chi connectivity index (χ0n) is 16.7. The molecule has 0 saturated carbocycles. The average Bonchev–Trinajstić information content (AvgIpc) is 3.03. The highest BCUT2D eigenvalue weighted by Gasteiger charge is 2.31. The number of benzene rings is 1. The van der Waals surface area contributed by atoms with Crippen molar-refractivity contribution in [2.75, 3.05) is 32.8 Å². The van der Waals surface area contributed by atoms with Crippen molar-refractivity contribution in [1.82, 2.24) is 9.80 Å². The highest BCUT2D eigenvalue weighted by Crippen LogP contribution is 2.41. The molecule has 2 aromatic rings. The van der Waals surface area contributed by atoms with Crippen molar-refractivity contribution < 1.29 is 13.9 Å². The summed E-state index contributed by atoms with van der Waals surface area (Å²) in [5.74, 6) is 0.416. The van der Waals surface area contributed by atoms with Gasteiger partial charge in [-0.2, -0.15) is 0 Å². The van der Waals surface area contributed by atoms with Crippen LogP contribution in [-0.2, 0) is 4.74 Å². The lowest BCUT2D eigenvalue weighted by Crippen LogP contribution is -2.48. The van der Waals surface area contributed by atoms with Gasteiger partial charge in [-0.3, -0.25) is 0 Å². The number of halogens is 1. The van der Waals surface area contributed by atoms with Gasteiger partial charge in [0.25, 0.3) is 0 Å². The van der Waals surface area contributed by atoms with Crippen LogP contribution in [0.5, 0.6) is 0 Å². The summed E-state index contributed by atoms with van der Waals surface area (Å²) in [6.45, 7) is 8.26. The highest BCUT2D eigenvalue weighted by molar-refractivity contribution is 7.19. The van der Waals surface area contributed by atoms with Gasteiger partial charge in [-0.1, -0.05) is 6.07 Å². The number of fused-ring (bicyclic) bond motifs is 1. The van der Waals surface area contributed by atoms with Crippen molar-refractivity contribution >= 4 is 27.5 Å². The Morgan fingerprint density at radius 3 is 2.57 bits per heavy atom. The molecule has 152 valence electrons. The Kier molecular flexibility index (Phi) is 5.88. The van der Waals surface area contributed by atoms with E-state index in [9.17, 15) is 9.18 Å². The van der Waals surface area contributed by atoms with Gasteiger partial charge in [0.2, 0.25) is 0 Å². The molecule has 2 saturated heterocycles. The molecular weight excluding hydrogens is 375 g/mol. The summed E-state index contributed by atoms with van der Waals surface area (Å²) in [6.07, 6.45) is 4.20. The number of hydrogen-bond donors (Lipinski definition) is 0. The Labute approximate surface area is 170 Å². The lowest BCUT2D eigenvalue weighted by Gasteiger charge is -2.41. The SMILES string of the molecule is CCOC(=O)N1CCC(N2CCC(c3c(C)sc4cc(F)ccc34)CC2)CC1. The average molecular weight is 405 g/mol. The van der Waals surface area contributed by atoms with Crippen LogP contribution < -0.4 is 0 Å². The number of amides is 1. The maximum Gasteiger partial charge on any atom is 0.409 e. The van der Waals surface area contributed by atoms with Crippen LogP contribution in [0.1, 0.15) is 49.0 Å². The van der Waals surface area contributed by atoms with Crippen molar-refractivity contribution in [3.8, 4) is 0 Å². The number of carbonyl (C=O) groups excluding carboxylic acids is 1. The van der Waals surface area contributed by atoms with Gasteiger partial charge in [-0.15, -0.1) is 11.3 Å². The second-order valence-electron chi connectivity index (χ2n) is 7.94. The van der Waals surface area contributed by atoms with E-state index in [1.54, 1.807) is 23.5 Å². The molecule has 1 amide bonds. The molecule has 2 aliphatic rings. The van der Waals surface area contributed by atoms with E-state index in [2.05, 4.69) is 11.8 Å². The fraction of sp³-hybridized carbons (Fsp3) is 0.591. The number of rotatable bonds is 3. The highest BCUT2D eigenvalue weighted by atomic mass is 32.1. The number of carbonyl (C=O) groups is 1. The predicted molar refractivity (Wildman–Crippen MR) is 112 cm³/mol. The van der Waals surface area contributed by atoms with Gasteiger partial charge in [-0.25, -0.2) is 9.18 Å². The van der Waals surface area contributed by atoms with E-state index in [0.29, 0.717) is 18.6 Å². The van der Waals surface area contributed by atoms with E-state index in [1.165, 1.54) is 15.8 Å². The number of nitrogens with zero attached hydrogens (tertiary/aromatic N) is 2. The summed E-state index contributed by atoms with van der Waals surface area (Å²) < 4.78 is 19.8. The van der Waals surface area contributed by atoms with Gasteiger partial charge < -0.3 is 14.5 Å². The van der Waals surface area contributed by atoms with Crippen LogP contribution in [0.25, 0.3) is 10.1 Å². The fourth-order valence-corrected chi connectivity index (χ4v) is 6.08. The lowest BCUT2D eigenvalue weighted by molar-refractivity contribution is 0.0663. The van der Waals surface area contributed by atoms with E-state index in [1.807, 2.05) is 17.9 Å². The third-order valence-corrected chi connectivity index (χ3v) is 7.40. The van der Waals surface area contributed by atoms with Gasteiger partial charge in [-0.05, 0) is 81.6 Å². The molecule has 0 atom stereocenters. The van der Waals surface area contributed by atoms with Gasteiger partial charge in [0, 0.05) is 28.7 Å². The van der Waals surface area contributed by atoms with Gasteiger partial charge in [0.1, 0.15) is 5.82 Å². The first kappa shape index (κ1) is 19.6. The summed E-state index contributed by atoms with van der Waals surface area (Å²) in [5, 5.41) is 1.24. The van der Waals surface area contributed by atoms with Gasteiger partial charge in [0.15, 0.2) is 0 Å².